The summed E-state index contributed by atoms with van der Waals surface area (Å²) >= 11 is 0. The molecule has 1 aliphatic rings. The van der Waals surface area contributed by atoms with Crippen molar-refractivity contribution >= 4 is 0 Å². The number of furan rings is 1. The summed E-state index contributed by atoms with van der Waals surface area (Å²) in [6.45, 7) is 10.7. The zero-order chi connectivity index (χ0) is 12.1. The average Bonchev–Trinajstić information content (AvgIpc) is 2.69. The van der Waals surface area contributed by atoms with Crippen molar-refractivity contribution < 1.29 is 9.15 Å². The number of ether oxygens (including phenoxy) is 1. The van der Waals surface area contributed by atoms with Gasteiger partial charge in [-0.15, -0.1) is 0 Å². The Bertz CT molecular complexity index is 343. The lowest BCUT2D eigenvalue weighted by Crippen LogP contribution is -2.35. The van der Waals surface area contributed by atoms with Crippen LogP contribution >= 0.6 is 0 Å². The second-order valence-corrected chi connectivity index (χ2v) is 4.46. The summed E-state index contributed by atoms with van der Waals surface area (Å²) < 4.78 is 11.1. The molecule has 1 aromatic rings. The van der Waals surface area contributed by atoms with Gasteiger partial charge in [-0.1, -0.05) is 6.92 Å². The first kappa shape index (κ1) is 12.6. The van der Waals surface area contributed by atoms with Gasteiger partial charge in [0.25, 0.3) is 0 Å². The largest absolute Gasteiger partial charge is 0.465 e. The van der Waals surface area contributed by atoms with Gasteiger partial charge < -0.3 is 14.5 Å². The first-order chi connectivity index (χ1) is 8.29. The van der Waals surface area contributed by atoms with Crippen LogP contribution in [-0.2, 0) is 17.8 Å². The monoisotopic (exact) mass is 238 g/mol. The van der Waals surface area contributed by atoms with E-state index in [-0.39, 0.29) is 0 Å². The molecule has 0 bridgehead atoms. The third-order valence-electron chi connectivity index (χ3n) is 3.12. The van der Waals surface area contributed by atoms with Crippen molar-refractivity contribution in [2.24, 2.45) is 0 Å². The highest BCUT2D eigenvalue weighted by Gasteiger charge is 2.14. The number of nitrogens with zero attached hydrogens (tertiary/aromatic N) is 1. The highest BCUT2D eigenvalue weighted by molar-refractivity contribution is 5.20. The van der Waals surface area contributed by atoms with Gasteiger partial charge in [0.15, 0.2) is 0 Å². The van der Waals surface area contributed by atoms with Crippen LogP contribution in [0.5, 0.6) is 0 Å². The van der Waals surface area contributed by atoms with Crippen molar-refractivity contribution in [3.8, 4) is 0 Å². The Balaban J connectivity index is 1.92. The van der Waals surface area contributed by atoms with Gasteiger partial charge >= 0.3 is 0 Å². The molecule has 0 unspecified atom stereocenters. The SMILES string of the molecule is CCNCc1cc(CN2CCOCC2)c(C)o1. The number of nitrogens with one attached hydrogen (secondary N) is 1. The van der Waals surface area contributed by atoms with Crippen LogP contribution < -0.4 is 5.32 Å². The van der Waals surface area contributed by atoms with Crippen LogP contribution in [0.15, 0.2) is 10.5 Å². The van der Waals surface area contributed by atoms with Crippen molar-refractivity contribution in [1.29, 1.82) is 0 Å². The fourth-order valence-electron chi connectivity index (χ4n) is 2.08. The summed E-state index contributed by atoms with van der Waals surface area (Å²) in [4.78, 5) is 2.42. The summed E-state index contributed by atoms with van der Waals surface area (Å²) in [6, 6.07) is 2.17. The average molecular weight is 238 g/mol. The number of hydrogen-bond donors (Lipinski definition) is 1. The molecule has 0 saturated carbocycles. The van der Waals surface area contributed by atoms with E-state index in [9.17, 15) is 0 Å². The lowest BCUT2D eigenvalue weighted by molar-refractivity contribution is 0.0340. The van der Waals surface area contributed by atoms with E-state index in [0.717, 1.165) is 57.5 Å². The standard InChI is InChI=1S/C13H22N2O2/c1-3-14-9-13-8-12(11(2)17-13)10-15-4-6-16-7-5-15/h8,14H,3-7,9-10H2,1-2H3. The number of hydrogen-bond acceptors (Lipinski definition) is 4. The minimum atomic E-state index is 0.820. The van der Waals surface area contributed by atoms with Gasteiger partial charge in [0.05, 0.1) is 19.8 Å². The molecular formula is C13H22N2O2. The minimum absolute atomic E-state index is 0.820. The maximum atomic E-state index is 5.74. The molecule has 0 aromatic carbocycles. The predicted molar refractivity (Wildman–Crippen MR) is 66.9 cm³/mol. The lowest BCUT2D eigenvalue weighted by Gasteiger charge is -2.26. The molecule has 0 atom stereocenters. The van der Waals surface area contributed by atoms with E-state index in [0.29, 0.717) is 0 Å². The summed E-state index contributed by atoms with van der Waals surface area (Å²) in [5, 5.41) is 3.28. The number of aryl methyl sites for hydroxylation is 1. The van der Waals surface area contributed by atoms with Crippen LogP contribution in [0.1, 0.15) is 24.0 Å². The fourth-order valence-corrected chi connectivity index (χ4v) is 2.08. The Morgan fingerprint density at radius 1 is 1.35 bits per heavy atom. The quantitative estimate of drug-likeness (QED) is 0.844. The first-order valence-corrected chi connectivity index (χ1v) is 6.38. The third-order valence-corrected chi connectivity index (χ3v) is 3.12. The molecule has 2 rings (SSSR count). The molecule has 0 radical (unpaired) electrons. The molecule has 0 amide bonds. The maximum Gasteiger partial charge on any atom is 0.118 e. The highest BCUT2D eigenvalue weighted by atomic mass is 16.5. The van der Waals surface area contributed by atoms with E-state index in [2.05, 4.69) is 23.2 Å². The van der Waals surface area contributed by atoms with Gasteiger partial charge in [-0.2, -0.15) is 0 Å². The topological polar surface area (TPSA) is 37.6 Å². The molecule has 0 aliphatic carbocycles. The van der Waals surface area contributed by atoms with Gasteiger partial charge in [0.2, 0.25) is 0 Å². The molecule has 4 nitrogen and oxygen atoms in total. The van der Waals surface area contributed by atoms with E-state index in [1.165, 1.54) is 5.56 Å². The molecule has 1 N–H and O–H groups in total. The maximum absolute atomic E-state index is 5.74. The Hall–Kier alpha value is -0.840. The molecule has 2 heterocycles. The lowest BCUT2D eigenvalue weighted by atomic mass is 10.2. The van der Waals surface area contributed by atoms with Crippen LogP contribution in [0.3, 0.4) is 0 Å². The second kappa shape index (κ2) is 6.19. The summed E-state index contributed by atoms with van der Waals surface area (Å²) in [5.74, 6) is 2.08. The number of morpholine rings is 1. The molecule has 96 valence electrons. The van der Waals surface area contributed by atoms with Crippen LogP contribution in [0.2, 0.25) is 0 Å². The van der Waals surface area contributed by atoms with Crippen molar-refractivity contribution in [2.75, 3.05) is 32.8 Å². The summed E-state index contributed by atoms with van der Waals surface area (Å²) in [7, 11) is 0. The fraction of sp³-hybridized carbons (Fsp3) is 0.692. The predicted octanol–water partition coefficient (Wildman–Crippen LogP) is 1.53. The zero-order valence-electron chi connectivity index (χ0n) is 10.8. The smallest absolute Gasteiger partial charge is 0.118 e. The van der Waals surface area contributed by atoms with Crippen LogP contribution in [0, 0.1) is 6.92 Å². The Kier molecular flexibility index (Phi) is 4.59. The van der Waals surface area contributed by atoms with Crippen molar-refractivity contribution in [3.05, 3.63) is 23.2 Å². The second-order valence-electron chi connectivity index (χ2n) is 4.46. The van der Waals surface area contributed by atoms with Gasteiger partial charge in [-0.3, -0.25) is 4.90 Å². The van der Waals surface area contributed by atoms with Crippen LogP contribution in [0.25, 0.3) is 0 Å². The first-order valence-electron chi connectivity index (χ1n) is 6.38. The zero-order valence-corrected chi connectivity index (χ0v) is 10.8. The van der Waals surface area contributed by atoms with E-state index < -0.39 is 0 Å². The van der Waals surface area contributed by atoms with Gasteiger partial charge in [0.1, 0.15) is 11.5 Å². The molecule has 1 fully saturated rings. The molecule has 1 saturated heterocycles. The van der Waals surface area contributed by atoms with Crippen molar-refractivity contribution in [1.82, 2.24) is 10.2 Å². The van der Waals surface area contributed by atoms with E-state index in [1.807, 2.05) is 6.92 Å². The minimum Gasteiger partial charge on any atom is -0.465 e. The van der Waals surface area contributed by atoms with E-state index >= 15 is 0 Å². The Labute approximate surface area is 103 Å². The Morgan fingerprint density at radius 3 is 2.82 bits per heavy atom. The Morgan fingerprint density at radius 2 is 2.12 bits per heavy atom. The highest BCUT2D eigenvalue weighted by Crippen LogP contribution is 2.17. The molecule has 17 heavy (non-hydrogen) atoms. The molecule has 1 aromatic heterocycles. The van der Waals surface area contributed by atoms with E-state index in [4.69, 9.17) is 9.15 Å². The van der Waals surface area contributed by atoms with Gasteiger partial charge in [-0.25, -0.2) is 0 Å². The van der Waals surface area contributed by atoms with E-state index in [1.54, 1.807) is 0 Å². The molecular weight excluding hydrogens is 216 g/mol. The van der Waals surface area contributed by atoms with Gasteiger partial charge in [0, 0.05) is 25.2 Å². The van der Waals surface area contributed by atoms with Gasteiger partial charge in [-0.05, 0) is 19.5 Å². The van der Waals surface area contributed by atoms with Crippen LogP contribution in [0.4, 0.5) is 0 Å². The summed E-state index contributed by atoms with van der Waals surface area (Å²) in [6.07, 6.45) is 0. The normalized spacial score (nSPS) is 17.5. The number of rotatable bonds is 5. The molecule has 1 aliphatic heterocycles. The van der Waals surface area contributed by atoms with Crippen molar-refractivity contribution in [3.63, 3.8) is 0 Å². The molecule has 4 heteroatoms. The third kappa shape index (κ3) is 3.56. The molecule has 0 spiro atoms. The summed E-state index contributed by atoms with van der Waals surface area (Å²) in [5.41, 5.74) is 1.31. The van der Waals surface area contributed by atoms with Crippen LogP contribution in [-0.4, -0.2) is 37.7 Å². The van der Waals surface area contributed by atoms with Crippen molar-refractivity contribution in [2.45, 2.75) is 26.9 Å².